The number of rotatable bonds is 2. The maximum Gasteiger partial charge on any atom is 0.0718 e. The fourth-order valence-electron chi connectivity index (χ4n) is 3.10. The van der Waals surface area contributed by atoms with Gasteiger partial charge in [0.2, 0.25) is 0 Å². The molecular weight excluding hydrogens is 385 g/mol. The fourth-order valence-corrected chi connectivity index (χ4v) is 3.51. The number of aromatic nitrogens is 1. The number of hydrogen-bond acceptors (Lipinski definition) is 1. The Morgan fingerprint density at radius 2 is 1.42 bits per heavy atom. The summed E-state index contributed by atoms with van der Waals surface area (Å²) >= 11 is 12.7. The minimum atomic E-state index is 0. The summed E-state index contributed by atoms with van der Waals surface area (Å²) in [6.45, 7) is 2.10. The van der Waals surface area contributed by atoms with E-state index in [1.165, 1.54) is 5.56 Å². The Hall–Kier alpha value is -2.06. The van der Waals surface area contributed by atoms with Crippen LogP contribution >= 0.6 is 35.6 Å². The largest absolute Gasteiger partial charge is 0.248 e. The maximum absolute atomic E-state index is 6.48. The topological polar surface area (TPSA) is 12.9 Å². The summed E-state index contributed by atoms with van der Waals surface area (Å²) in [7, 11) is 0. The van der Waals surface area contributed by atoms with Gasteiger partial charge in [0.1, 0.15) is 0 Å². The summed E-state index contributed by atoms with van der Waals surface area (Å²) in [6, 6.07) is 24.0. The number of nitrogens with zero attached hydrogens (tertiary/aromatic N) is 1. The lowest BCUT2D eigenvalue weighted by Gasteiger charge is -2.13. The Morgan fingerprint density at radius 1 is 0.731 bits per heavy atom. The molecule has 4 aromatic rings. The average molecular weight is 401 g/mol. The lowest BCUT2D eigenvalue weighted by atomic mass is 9.97. The van der Waals surface area contributed by atoms with Crippen LogP contribution in [-0.4, -0.2) is 4.98 Å². The molecule has 26 heavy (non-hydrogen) atoms. The van der Waals surface area contributed by atoms with Crippen molar-refractivity contribution in [2.24, 2.45) is 0 Å². The van der Waals surface area contributed by atoms with Gasteiger partial charge >= 0.3 is 0 Å². The van der Waals surface area contributed by atoms with E-state index in [1.807, 2.05) is 54.6 Å². The number of pyridine rings is 1. The third-order valence-electron chi connectivity index (χ3n) is 4.36. The number of hydrogen-bond donors (Lipinski definition) is 0. The van der Waals surface area contributed by atoms with Crippen molar-refractivity contribution in [1.82, 2.24) is 4.98 Å². The van der Waals surface area contributed by atoms with Crippen molar-refractivity contribution in [3.05, 3.63) is 88.4 Å². The minimum absolute atomic E-state index is 0. The molecule has 0 aliphatic rings. The molecule has 3 aromatic carbocycles. The van der Waals surface area contributed by atoms with Gasteiger partial charge in [0, 0.05) is 26.6 Å². The summed E-state index contributed by atoms with van der Waals surface area (Å²) in [6.07, 6.45) is 0. The molecule has 0 radical (unpaired) electrons. The summed E-state index contributed by atoms with van der Waals surface area (Å²) in [5, 5.41) is 2.40. The smallest absolute Gasteiger partial charge is 0.0718 e. The van der Waals surface area contributed by atoms with E-state index in [0.29, 0.717) is 10.0 Å². The Kier molecular flexibility index (Phi) is 5.52. The molecule has 1 nitrogen and oxygen atoms in total. The van der Waals surface area contributed by atoms with Crippen molar-refractivity contribution in [2.75, 3.05) is 0 Å². The van der Waals surface area contributed by atoms with Crippen LogP contribution < -0.4 is 0 Å². The van der Waals surface area contributed by atoms with Crippen molar-refractivity contribution in [1.29, 1.82) is 0 Å². The molecule has 0 fully saturated rings. The van der Waals surface area contributed by atoms with E-state index in [-0.39, 0.29) is 12.4 Å². The van der Waals surface area contributed by atoms with Crippen LogP contribution in [0.15, 0.2) is 72.8 Å². The van der Waals surface area contributed by atoms with Crippen LogP contribution in [0.1, 0.15) is 5.56 Å². The van der Waals surface area contributed by atoms with Crippen LogP contribution in [0.5, 0.6) is 0 Å². The van der Waals surface area contributed by atoms with Gasteiger partial charge in [0.05, 0.1) is 11.2 Å². The Balaban J connectivity index is 0.00000196. The molecule has 0 spiro atoms. The van der Waals surface area contributed by atoms with Crippen LogP contribution in [0.4, 0.5) is 0 Å². The van der Waals surface area contributed by atoms with E-state index < -0.39 is 0 Å². The third-order valence-corrected chi connectivity index (χ3v) is 4.92. The summed E-state index contributed by atoms with van der Waals surface area (Å²) in [5.41, 5.74) is 6.16. The molecule has 0 bridgehead atoms. The molecule has 4 rings (SSSR count). The van der Waals surface area contributed by atoms with Gasteiger partial charge in [-0.25, -0.2) is 4.98 Å². The Bertz CT molecular complexity index is 1090. The van der Waals surface area contributed by atoms with E-state index in [9.17, 15) is 0 Å². The predicted molar refractivity (Wildman–Crippen MR) is 115 cm³/mol. The van der Waals surface area contributed by atoms with E-state index in [1.54, 1.807) is 0 Å². The zero-order valence-electron chi connectivity index (χ0n) is 14.0. The molecule has 0 unspecified atom stereocenters. The van der Waals surface area contributed by atoms with Gasteiger partial charge in [-0.3, -0.25) is 0 Å². The summed E-state index contributed by atoms with van der Waals surface area (Å²) in [4.78, 5) is 4.86. The molecule has 0 aliphatic heterocycles. The summed E-state index contributed by atoms with van der Waals surface area (Å²) < 4.78 is 0. The first kappa shape index (κ1) is 18.7. The van der Waals surface area contributed by atoms with Crippen molar-refractivity contribution < 1.29 is 0 Å². The Labute approximate surface area is 169 Å². The first-order valence-corrected chi connectivity index (χ1v) is 8.80. The zero-order valence-corrected chi connectivity index (χ0v) is 16.4. The second-order valence-electron chi connectivity index (χ2n) is 6.01. The average Bonchev–Trinajstić information content (AvgIpc) is 2.62. The van der Waals surface area contributed by atoms with Gasteiger partial charge in [-0.2, -0.15) is 0 Å². The minimum Gasteiger partial charge on any atom is -0.248 e. The van der Waals surface area contributed by atoms with Gasteiger partial charge in [0.25, 0.3) is 0 Å². The molecule has 0 atom stereocenters. The van der Waals surface area contributed by atoms with Crippen LogP contribution in [0, 0.1) is 6.92 Å². The number of fused-ring (bicyclic) bond motifs is 1. The highest BCUT2D eigenvalue weighted by Gasteiger charge is 2.13. The molecule has 1 aromatic heterocycles. The normalized spacial score (nSPS) is 10.6. The van der Waals surface area contributed by atoms with Crippen LogP contribution in [-0.2, 0) is 0 Å². The second kappa shape index (κ2) is 7.67. The number of benzene rings is 3. The van der Waals surface area contributed by atoms with Gasteiger partial charge in [-0.05, 0) is 48.4 Å². The first-order valence-electron chi connectivity index (χ1n) is 8.05. The highest BCUT2D eigenvalue weighted by Crippen LogP contribution is 2.37. The van der Waals surface area contributed by atoms with E-state index >= 15 is 0 Å². The van der Waals surface area contributed by atoms with Crippen molar-refractivity contribution in [3.63, 3.8) is 0 Å². The lowest BCUT2D eigenvalue weighted by Crippen LogP contribution is -1.92. The SMILES string of the molecule is Cc1ccccc1-c1cc(-c2ccccc2Cl)c2cc(Cl)ccc2n1.Cl. The van der Waals surface area contributed by atoms with Crippen LogP contribution in [0.2, 0.25) is 10.0 Å². The predicted octanol–water partition coefficient (Wildman–Crippen LogP) is 7.61. The van der Waals surface area contributed by atoms with Gasteiger partial charge in [-0.15, -0.1) is 12.4 Å². The van der Waals surface area contributed by atoms with E-state index in [2.05, 4.69) is 25.1 Å². The van der Waals surface area contributed by atoms with Gasteiger partial charge in [-0.1, -0.05) is 65.7 Å². The second-order valence-corrected chi connectivity index (χ2v) is 6.85. The molecule has 0 amide bonds. The standard InChI is InChI=1S/C22H15Cl2N.ClH/c1-14-6-2-3-7-16(14)22-13-18(17-8-4-5-9-20(17)24)19-12-15(23)10-11-21(19)25-22;/h2-13H,1H3;1H. The fraction of sp³-hybridized carbons (Fsp3) is 0.0455. The quantitative estimate of drug-likeness (QED) is 0.337. The molecule has 0 aliphatic carbocycles. The van der Waals surface area contributed by atoms with Crippen molar-refractivity contribution >= 4 is 46.5 Å². The highest BCUT2D eigenvalue weighted by molar-refractivity contribution is 6.34. The molecule has 0 saturated heterocycles. The molecule has 130 valence electrons. The first-order chi connectivity index (χ1) is 12.1. The van der Waals surface area contributed by atoms with Gasteiger partial charge in [0.15, 0.2) is 0 Å². The zero-order chi connectivity index (χ0) is 17.4. The molecule has 0 saturated carbocycles. The number of aryl methyl sites for hydroxylation is 1. The van der Waals surface area contributed by atoms with E-state index in [4.69, 9.17) is 28.2 Å². The van der Waals surface area contributed by atoms with E-state index in [0.717, 1.165) is 33.3 Å². The molecule has 1 heterocycles. The Morgan fingerprint density at radius 3 is 2.15 bits per heavy atom. The van der Waals surface area contributed by atoms with Crippen LogP contribution in [0.25, 0.3) is 33.3 Å². The molecule has 4 heteroatoms. The number of halogens is 3. The van der Waals surface area contributed by atoms with Gasteiger partial charge < -0.3 is 0 Å². The van der Waals surface area contributed by atoms with Crippen molar-refractivity contribution in [3.8, 4) is 22.4 Å². The maximum atomic E-state index is 6.48. The highest BCUT2D eigenvalue weighted by atomic mass is 35.5. The molecular formula is C22H16Cl3N. The summed E-state index contributed by atoms with van der Waals surface area (Å²) in [5.74, 6) is 0. The third kappa shape index (κ3) is 3.43. The van der Waals surface area contributed by atoms with Crippen LogP contribution in [0.3, 0.4) is 0 Å². The monoisotopic (exact) mass is 399 g/mol. The molecule has 0 N–H and O–H groups in total. The lowest BCUT2D eigenvalue weighted by molar-refractivity contribution is 1.36. The van der Waals surface area contributed by atoms with Crippen molar-refractivity contribution in [2.45, 2.75) is 6.92 Å².